The number of hydrogen-bond donors (Lipinski definition) is 2. The Bertz CT molecular complexity index is 817. The number of fused-ring (bicyclic) bond motifs is 1. The van der Waals surface area contributed by atoms with E-state index < -0.39 is 0 Å². The first-order valence-corrected chi connectivity index (χ1v) is 7.29. The van der Waals surface area contributed by atoms with Crippen LogP contribution in [0.3, 0.4) is 0 Å². The molecular formula is C19H18N2O3. The molecule has 0 aliphatic rings. The molecular weight excluding hydrogens is 304 g/mol. The minimum atomic E-state index is 0.193. The van der Waals surface area contributed by atoms with Crippen LogP contribution >= 0.6 is 0 Å². The second kappa shape index (κ2) is 8.95. The predicted molar refractivity (Wildman–Crippen MR) is 94.7 cm³/mol. The van der Waals surface area contributed by atoms with Gasteiger partial charge in [-0.15, -0.1) is 0 Å². The second-order valence-electron chi connectivity index (χ2n) is 4.89. The van der Waals surface area contributed by atoms with Crippen molar-refractivity contribution in [2.24, 2.45) is 10.9 Å². The highest BCUT2D eigenvalue weighted by atomic mass is 16.5. The second-order valence-corrected chi connectivity index (χ2v) is 4.89. The maximum absolute atomic E-state index is 9.76. The lowest BCUT2D eigenvalue weighted by molar-refractivity contribution is -0.129. The van der Waals surface area contributed by atoms with Gasteiger partial charge in [0.05, 0.1) is 6.21 Å². The smallest absolute Gasteiger partial charge is 0.293 e. The Morgan fingerprint density at radius 2 is 1.71 bits per heavy atom. The summed E-state index contributed by atoms with van der Waals surface area (Å²) < 4.78 is 4.54. The maximum atomic E-state index is 9.76. The van der Waals surface area contributed by atoms with Crippen LogP contribution < -0.4 is 5.84 Å². The predicted octanol–water partition coefficient (Wildman–Crippen LogP) is 3.20. The molecule has 122 valence electrons. The topological polar surface area (TPSA) is 84.9 Å². The SMILES string of the molecule is NN=Cc1c(O)ccc2ccccc12.O=COCc1ccccc1. The molecule has 24 heavy (non-hydrogen) atoms. The molecule has 3 rings (SSSR count). The summed E-state index contributed by atoms with van der Waals surface area (Å²) in [7, 11) is 0. The number of hydrazone groups is 1. The highest BCUT2D eigenvalue weighted by molar-refractivity contribution is 6.02. The maximum Gasteiger partial charge on any atom is 0.293 e. The Hall–Kier alpha value is -3.34. The Labute approximate surface area is 140 Å². The number of ether oxygens (including phenoxy) is 1. The van der Waals surface area contributed by atoms with Crippen molar-refractivity contribution in [3.63, 3.8) is 0 Å². The van der Waals surface area contributed by atoms with Gasteiger partial charge in [0.1, 0.15) is 12.4 Å². The van der Waals surface area contributed by atoms with Crippen molar-refractivity contribution in [2.75, 3.05) is 0 Å². The molecule has 3 aromatic rings. The third-order valence-electron chi connectivity index (χ3n) is 3.31. The first kappa shape index (κ1) is 17.0. The van der Waals surface area contributed by atoms with Gasteiger partial charge >= 0.3 is 0 Å². The molecule has 0 aromatic heterocycles. The average molecular weight is 322 g/mol. The van der Waals surface area contributed by atoms with Gasteiger partial charge in [-0.3, -0.25) is 4.79 Å². The number of carbonyl (C=O) groups excluding carboxylic acids is 1. The summed E-state index contributed by atoms with van der Waals surface area (Å²) in [6.45, 7) is 0.817. The van der Waals surface area contributed by atoms with E-state index in [4.69, 9.17) is 5.84 Å². The van der Waals surface area contributed by atoms with E-state index in [9.17, 15) is 9.90 Å². The van der Waals surface area contributed by atoms with E-state index in [2.05, 4.69) is 9.84 Å². The molecule has 5 heteroatoms. The number of carbonyl (C=O) groups is 1. The number of nitrogens with zero attached hydrogens (tertiary/aromatic N) is 1. The van der Waals surface area contributed by atoms with Crippen molar-refractivity contribution < 1.29 is 14.6 Å². The molecule has 0 unspecified atom stereocenters. The van der Waals surface area contributed by atoms with E-state index >= 15 is 0 Å². The molecule has 0 saturated heterocycles. The normalized spacial score (nSPS) is 10.2. The van der Waals surface area contributed by atoms with Gasteiger partial charge in [-0.05, 0) is 22.4 Å². The van der Waals surface area contributed by atoms with Crippen molar-refractivity contribution in [1.82, 2.24) is 0 Å². The molecule has 0 bridgehead atoms. The van der Waals surface area contributed by atoms with Crippen LogP contribution in [-0.4, -0.2) is 17.8 Å². The number of aromatic hydroxyl groups is 1. The molecule has 0 atom stereocenters. The minimum absolute atomic E-state index is 0.193. The standard InChI is InChI=1S/C11H10N2O.C8H8O2/c12-13-7-10-9-4-2-1-3-8(9)5-6-11(10)14;9-7-10-6-8-4-2-1-3-5-8/h1-7,14H,12H2;1-5,7H,6H2. The molecule has 0 radical (unpaired) electrons. The summed E-state index contributed by atoms with van der Waals surface area (Å²) in [5.41, 5.74) is 1.67. The van der Waals surface area contributed by atoms with E-state index in [-0.39, 0.29) is 5.75 Å². The van der Waals surface area contributed by atoms with Gasteiger partial charge in [0.25, 0.3) is 6.47 Å². The van der Waals surface area contributed by atoms with Gasteiger partial charge < -0.3 is 15.7 Å². The molecule has 0 aliphatic carbocycles. The molecule has 0 saturated carbocycles. The van der Waals surface area contributed by atoms with Crippen LogP contribution in [0.2, 0.25) is 0 Å². The number of benzene rings is 3. The summed E-state index contributed by atoms with van der Waals surface area (Å²) in [6.07, 6.45) is 1.46. The van der Waals surface area contributed by atoms with Crippen LogP contribution in [0.5, 0.6) is 5.75 Å². The minimum Gasteiger partial charge on any atom is -0.507 e. The molecule has 3 aromatic carbocycles. The molecule has 0 spiro atoms. The quantitative estimate of drug-likeness (QED) is 0.334. The average Bonchev–Trinajstić information content (AvgIpc) is 2.64. The van der Waals surface area contributed by atoms with Crippen LogP contribution in [0.4, 0.5) is 0 Å². The largest absolute Gasteiger partial charge is 0.507 e. The van der Waals surface area contributed by atoms with Gasteiger partial charge in [-0.25, -0.2) is 0 Å². The van der Waals surface area contributed by atoms with Crippen molar-refractivity contribution >= 4 is 23.5 Å². The molecule has 0 fully saturated rings. The number of hydrogen-bond acceptors (Lipinski definition) is 5. The number of rotatable bonds is 4. The lowest BCUT2D eigenvalue weighted by Crippen LogP contribution is -1.89. The summed E-state index contributed by atoms with van der Waals surface area (Å²) in [5, 5.41) is 15.0. The van der Waals surface area contributed by atoms with E-state index in [0.29, 0.717) is 18.6 Å². The Balaban J connectivity index is 0.000000185. The van der Waals surface area contributed by atoms with Gasteiger partial charge in [0.2, 0.25) is 0 Å². The monoisotopic (exact) mass is 322 g/mol. The molecule has 5 nitrogen and oxygen atoms in total. The Kier molecular flexibility index (Phi) is 6.35. The third-order valence-corrected chi connectivity index (χ3v) is 3.31. The first-order chi connectivity index (χ1) is 11.8. The first-order valence-electron chi connectivity index (χ1n) is 7.29. The van der Waals surface area contributed by atoms with Crippen LogP contribution in [-0.2, 0) is 16.1 Å². The fourth-order valence-electron chi connectivity index (χ4n) is 2.20. The molecule has 3 N–H and O–H groups in total. The number of phenolic OH excluding ortho intramolecular Hbond substituents is 1. The molecule has 0 amide bonds. The lowest BCUT2D eigenvalue weighted by Gasteiger charge is -2.03. The fraction of sp³-hybridized carbons (Fsp3) is 0.0526. The van der Waals surface area contributed by atoms with Gasteiger partial charge in [-0.2, -0.15) is 5.10 Å². The van der Waals surface area contributed by atoms with Gasteiger partial charge in [-0.1, -0.05) is 60.7 Å². The van der Waals surface area contributed by atoms with E-state index in [1.807, 2.05) is 60.7 Å². The van der Waals surface area contributed by atoms with Gasteiger partial charge in [0.15, 0.2) is 0 Å². The Morgan fingerprint density at radius 3 is 2.42 bits per heavy atom. The highest BCUT2D eigenvalue weighted by Gasteiger charge is 2.03. The number of phenols is 1. The number of nitrogens with two attached hydrogens (primary N) is 1. The van der Waals surface area contributed by atoms with E-state index in [1.165, 1.54) is 6.21 Å². The zero-order chi connectivity index (χ0) is 17.2. The van der Waals surface area contributed by atoms with Crippen molar-refractivity contribution in [2.45, 2.75) is 6.61 Å². The Morgan fingerprint density at radius 1 is 1.00 bits per heavy atom. The summed E-state index contributed by atoms with van der Waals surface area (Å²) in [5.74, 6) is 5.27. The van der Waals surface area contributed by atoms with Gasteiger partial charge in [0, 0.05) is 5.56 Å². The third kappa shape index (κ3) is 4.58. The van der Waals surface area contributed by atoms with Crippen LogP contribution in [0.1, 0.15) is 11.1 Å². The van der Waals surface area contributed by atoms with Crippen molar-refractivity contribution in [1.29, 1.82) is 0 Å². The molecule has 0 aliphatic heterocycles. The van der Waals surface area contributed by atoms with Crippen molar-refractivity contribution in [3.8, 4) is 5.75 Å². The van der Waals surface area contributed by atoms with E-state index in [1.54, 1.807) is 6.07 Å². The van der Waals surface area contributed by atoms with Crippen LogP contribution in [0.15, 0.2) is 71.8 Å². The summed E-state index contributed by atoms with van der Waals surface area (Å²) in [4.78, 5) is 9.76. The summed E-state index contributed by atoms with van der Waals surface area (Å²) in [6, 6.07) is 20.8. The molecule has 0 heterocycles. The van der Waals surface area contributed by atoms with E-state index in [0.717, 1.165) is 16.3 Å². The van der Waals surface area contributed by atoms with Crippen LogP contribution in [0, 0.1) is 0 Å². The highest BCUT2D eigenvalue weighted by Crippen LogP contribution is 2.25. The zero-order valence-electron chi connectivity index (χ0n) is 13.0. The van der Waals surface area contributed by atoms with Crippen molar-refractivity contribution in [3.05, 3.63) is 77.9 Å². The lowest BCUT2D eigenvalue weighted by atomic mass is 10.0. The summed E-state index contributed by atoms with van der Waals surface area (Å²) >= 11 is 0. The van der Waals surface area contributed by atoms with Crippen LogP contribution in [0.25, 0.3) is 10.8 Å². The zero-order valence-corrected chi connectivity index (χ0v) is 13.0. The fourth-order valence-corrected chi connectivity index (χ4v) is 2.20.